The molecule has 1 aliphatic rings. The van der Waals surface area contributed by atoms with Crippen LogP contribution in [-0.2, 0) is 9.59 Å². The molecule has 7 heteroatoms. The summed E-state index contributed by atoms with van der Waals surface area (Å²) in [6.07, 6.45) is 2.12. The summed E-state index contributed by atoms with van der Waals surface area (Å²) in [6, 6.07) is 2.49. The average molecular weight is 325 g/mol. The van der Waals surface area contributed by atoms with Crippen molar-refractivity contribution in [2.24, 2.45) is 11.8 Å². The Balaban J connectivity index is 2.12. The highest BCUT2D eigenvalue weighted by Gasteiger charge is 2.31. The van der Waals surface area contributed by atoms with E-state index < -0.39 is 23.6 Å². The largest absolute Gasteiger partial charge is 0.493 e. The first-order valence-corrected chi connectivity index (χ1v) is 7.41. The molecule has 1 aromatic rings. The number of hydrogen-bond donors (Lipinski definition) is 2. The fraction of sp³-hybridized carbons (Fsp3) is 0.500. The molecule has 0 heterocycles. The molecule has 1 aliphatic carbocycles. The summed E-state index contributed by atoms with van der Waals surface area (Å²) in [7, 11) is 2.81. The van der Waals surface area contributed by atoms with Crippen LogP contribution in [0.4, 0.5) is 10.1 Å². The van der Waals surface area contributed by atoms with Gasteiger partial charge in [0.25, 0.3) is 0 Å². The van der Waals surface area contributed by atoms with Crippen LogP contribution in [0.3, 0.4) is 0 Å². The lowest BCUT2D eigenvalue weighted by molar-refractivity contribution is -0.143. The van der Waals surface area contributed by atoms with Crippen molar-refractivity contribution >= 4 is 17.6 Å². The first-order valence-electron chi connectivity index (χ1n) is 7.41. The van der Waals surface area contributed by atoms with Crippen molar-refractivity contribution in [3.63, 3.8) is 0 Å². The second-order valence-corrected chi connectivity index (χ2v) is 5.57. The maximum atomic E-state index is 14.0. The molecule has 0 bridgehead atoms. The van der Waals surface area contributed by atoms with Crippen LogP contribution >= 0.6 is 0 Å². The monoisotopic (exact) mass is 325 g/mol. The lowest BCUT2D eigenvalue weighted by atomic mass is 9.81. The van der Waals surface area contributed by atoms with Crippen LogP contribution in [0.1, 0.15) is 25.7 Å². The summed E-state index contributed by atoms with van der Waals surface area (Å²) >= 11 is 0. The summed E-state index contributed by atoms with van der Waals surface area (Å²) in [5.74, 6) is -2.32. The van der Waals surface area contributed by atoms with Crippen molar-refractivity contribution in [1.82, 2.24) is 0 Å². The normalized spacial score (nSPS) is 20.7. The number of carboxylic acid groups (broad SMARTS) is 1. The molecule has 0 saturated heterocycles. The minimum absolute atomic E-state index is 0.00917. The molecule has 2 atom stereocenters. The van der Waals surface area contributed by atoms with Gasteiger partial charge in [0.05, 0.1) is 25.8 Å². The van der Waals surface area contributed by atoms with Gasteiger partial charge >= 0.3 is 5.97 Å². The highest BCUT2D eigenvalue weighted by atomic mass is 19.1. The lowest BCUT2D eigenvalue weighted by Crippen LogP contribution is -2.31. The van der Waals surface area contributed by atoms with E-state index in [1.165, 1.54) is 20.3 Å². The number of anilines is 1. The average Bonchev–Trinajstić information content (AvgIpc) is 2.56. The second-order valence-electron chi connectivity index (χ2n) is 5.57. The Hall–Kier alpha value is -2.31. The van der Waals surface area contributed by atoms with Crippen molar-refractivity contribution in [1.29, 1.82) is 0 Å². The Labute approximate surface area is 133 Å². The quantitative estimate of drug-likeness (QED) is 0.869. The maximum absolute atomic E-state index is 14.0. The third kappa shape index (κ3) is 3.91. The minimum Gasteiger partial charge on any atom is -0.493 e. The first kappa shape index (κ1) is 17.1. The predicted octanol–water partition coefficient (Wildman–Crippen LogP) is 2.67. The van der Waals surface area contributed by atoms with Crippen LogP contribution in [0, 0.1) is 17.7 Å². The molecule has 0 aromatic heterocycles. The fourth-order valence-electron chi connectivity index (χ4n) is 2.84. The Morgan fingerprint density at radius 1 is 1.17 bits per heavy atom. The maximum Gasteiger partial charge on any atom is 0.306 e. The number of carbonyl (C=O) groups is 2. The first-order chi connectivity index (χ1) is 11.0. The molecule has 6 nitrogen and oxygen atoms in total. The number of nitrogens with one attached hydrogen (secondary N) is 1. The summed E-state index contributed by atoms with van der Waals surface area (Å²) in [6.45, 7) is 0. The van der Waals surface area contributed by atoms with Gasteiger partial charge in [0.2, 0.25) is 5.91 Å². The second kappa shape index (κ2) is 7.30. The van der Waals surface area contributed by atoms with E-state index in [1.54, 1.807) is 0 Å². The summed E-state index contributed by atoms with van der Waals surface area (Å²) < 4.78 is 24.1. The van der Waals surface area contributed by atoms with Crippen molar-refractivity contribution in [2.75, 3.05) is 19.5 Å². The van der Waals surface area contributed by atoms with Gasteiger partial charge in [0, 0.05) is 18.1 Å². The molecule has 1 fully saturated rings. The highest BCUT2D eigenvalue weighted by molar-refractivity contribution is 5.93. The van der Waals surface area contributed by atoms with E-state index in [2.05, 4.69) is 5.32 Å². The molecular weight excluding hydrogens is 305 g/mol. The van der Waals surface area contributed by atoms with Crippen LogP contribution in [-0.4, -0.2) is 31.2 Å². The third-order valence-corrected chi connectivity index (χ3v) is 4.13. The summed E-state index contributed by atoms with van der Waals surface area (Å²) in [5.41, 5.74) is -0.00917. The number of halogens is 1. The number of carboxylic acids is 1. The van der Waals surface area contributed by atoms with Gasteiger partial charge < -0.3 is 19.9 Å². The van der Waals surface area contributed by atoms with Crippen molar-refractivity contribution in [2.45, 2.75) is 25.7 Å². The van der Waals surface area contributed by atoms with Crippen LogP contribution in [0.15, 0.2) is 12.1 Å². The predicted molar refractivity (Wildman–Crippen MR) is 81.2 cm³/mol. The van der Waals surface area contributed by atoms with Gasteiger partial charge in [0.15, 0.2) is 17.3 Å². The zero-order valence-corrected chi connectivity index (χ0v) is 13.1. The third-order valence-electron chi connectivity index (χ3n) is 4.13. The van der Waals surface area contributed by atoms with Gasteiger partial charge in [0.1, 0.15) is 0 Å². The Bertz CT molecular complexity index is 604. The topological polar surface area (TPSA) is 84.9 Å². The molecular formula is C16H20FNO5. The van der Waals surface area contributed by atoms with Gasteiger partial charge in [-0.15, -0.1) is 0 Å². The standard InChI is InChI=1S/C16H20FNO5/c1-22-13-7-11(17)12(8-14(13)23-2)18-15(19)9-4-3-5-10(6-9)16(20)21/h7-10H,3-6H2,1-2H3,(H,18,19)(H,20,21). The summed E-state index contributed by atoms with van der Waals surface area (Å²) in [5, 5.41) is 11.6. The zero-order chi connectivity index (χ0) is 17.0. The smallest absolute Gasteiger partial charge is 0.306 e. The number of rotatable bonds is 5. The van der Waals surface area contributed by atoms with Gasteiger partial charge in [-0.2, -0.15) is 0 Å². The number of carbonyl (C=O) groups excluding carboxylic acids is 1. The SMILES string of the molecule is COc1cc(F)c(NC(=O)C2CCCC(C(=O)O)C2)cc1OC. The highest BCUT2D eigenvalue weighted by Crippen LogP contribution is 2.34. The van der Waals surface area contributed by atoms with Gasteiger partial charge in [-0.3, -0.25) is 9.59 Å². The van der Waals surface area contributed by atoms with E-state index in [0.29, 0.717) is 25.0 Å². The molecule has 126 valence electrons. The number of amides is 1. The van der Waals surface area contributed by atoms with Crippen molar-refractivity contribution in [3.05, 3.63) is 17.9 Å². The zero-order valence-electron chi connectivity index (χ0n) is 13.1. The van der Waals surface area contributed by atoms with Crippen LogP contribution in [0.25, 0.3) is 0 Å². The molecule has 0 spiro atoms. The summed E-state index contributed by atoms with van der Waals surface area (Å²) in [4.78, 5) is 23.4. The molecule has 2 unspecified atom stereocenters. The molecule has 1 saturated carbocycles. The van der Waals surface area contributed by atoms with Crippen molar-refractivity contribution in [3.8, 4) is 11.5 Å². The van der Waals surface area contributed by atoms with Gasteiger partial charge in [-0.1, -0.05) is 6.42 Å². The van der Waals surface area contributed by atoms with E-state index in [4.69, 9.17) is 14.6 Å². The van der Waals surface area contributed by atoms with E-state index >= 15 is 0 Å². The van der Waals surface area contributed by atoms with E-state index in [-0.39, 0.29) is 23.8 Å². The van der Waals surface area contributed by atoms with Gasteiger partial charge in [-0.25, -0.2) is 4.39 Å². The fourth-order valence-corrected chi connectivity index (χ4v) is 2.84. The van der Waals surface area contributed by atoms with Gasteiger partial charge in [-0.05, 0) is 19.3 Å². The molecule has 23 heavy (non-hydrogen) atoms. The van der Waals surface area contributed by atoms with Crippen LogP contribution in [0.5, 0.6) is 11.5 Å². The Morgan fingerprint density at radius 3 is 2.39 bits per heavy atom. The van der Waals surface area contributed by atoms with Crippen molar-refractivity contribution < 1.29 is 28.6 Å². The molecule has 1 aromatic carbocycles. The van der Waals surface area contributed by atoms with Crippen LogP contribution < -0.4 is 14.8 Å². The Kier molecular flexibility index (Phi) is 5.41. The molecule has 0 aliphatic heterocycles. The van der Waals surface area contributed by atoms with E-state index in [9.17, 15) is 14.0 Å². The van der Waals surface area contributed by atoms with E-state index in [0.717, 1.165) is 6.07 Å². The number of hydrogen-bond acceptors (Lipinski definition) is 4. The van der Waals surface area contributed by atoms with Crippen LogP contribution in [0.2, 0.25) is 0 Å². The number of ether oxygens (including phenoxy) is 2. The molecule has 1 amide bonds. The van der Waals surface area contributed by atoms with E-state index in [1.807, 2.05) is 0 Å². The molecule has 0 radical (unpaired) electrons. The Morgan fingerprint density at radius 2 is 1.78 bits per heavy atom. The number of benzene rings is 1. The number of aliphatic carboxylic acids is 1. The lowest BCUT2D eigenvalue weighted by Gasteiger charge is -2.25. The molecule has 2 rings (SSSR count). The molecule has 2 N–H and O–H groups in total. The minimum atomic E-state index is -0.889. The number of methoxy groups -OCH3 is 2.